The van der Waals surface area contributed by atoms with E-state index in [1.807, 2.05) is 65.0 Å². The van der Waals surface area contributed by atoms with E-state index < -0.39 is 0 Å². The summed E-state index contributed by atoms with van der Waals surface area (Å²) in [5, 5.41) is 0. The summed E-state index contributed by atoms with van der Waals surface area (Å²) in [6.45, 7) is 10.2. The lowest BCUT2D eigenvalue weighted by molar-refractivity contribution is 0.00578. The summed E-state index contributed by atoms with van der Waals surface area (Å²) in [5.74, 6) is 1.93. The summed E-state index contributed by atoms with van der Waals surface area (Å²) >= 11 is 0. The van der Waals surface area contributed by atoms with E-state index in [4.69, 9.17) is 15.0 Å². The van der Waals surface area contributed by atoms with E-state index in [1.54, 1.807) is 0 Å². The number of nitrogens with zero attached hydrogens (tertiary/aromatic N) is 1. The van der Waals surface area contributed by atoms with Crippen LogP contribution >= 0.6 is 0 Å². The van der Waals surface area contributed by atoms with Gasteiger partial charge in [0, 0.05) is 24.4 Å². The maximum absolute atomic E-state index is 5.92. The molecule has 1 aliphatic rings. The van der Waals surface area contributed by atoms with Crippen LogP contribution in [0.4, 0.5) is 0 Å². The van der Waals surface area contributed by atoms with Gasteiger partial charge in [0.05, 0.1) is 11.2 Å². The van der Waals surface area contributed by atoms with Crippen molar-refractivity contribution in [1.29, 1.82) is 0 Å². The molecule has 114 valence electrons. The van der Waals surface area contributed by atoms with Crippen molar-refractivity contribution in [1.82, 2.24) is 4.98 Å². The fourth-order valence-corrected chi connectivity index (χ4v) is 2.14. The van der Waals surface area contributed by atoms with Crippen molar-refractivity contribution in [3.63, 3.8) is 0 Å². The van der Waals surface area contributed by atoms with Crippen LogP contribution in [0.15, 0.2) is 24.3 Å². The first-order chi connectivity index (χ1) is 9.69. The first kappa shape index (κ1) is 16.2. The van der Waals surface area contributed by atoms with Crippen LogP contribution in [-0.2, 0) is 15.7 Å². The van der Waals surface area contributed by atoms with Gasteiger partial charge in [0.15, 0.2) is 0 Å². The SMILES string of the molecule is CC(N)Cc1ccc(/C=C/B2OC(C)(C)C(C)(C)O2)cn1. The molecule has 2 rings (SSSR count). The molecule has 5 heteroatoms. The van der Waals surface area contributed by atoms with Crippen molar-refractivity contribution in [2.75, 3.05) is 0 Å². The van der Waals surface area contributed by atoms with E-state index in [2.05, 4.69) is 4.98 Å². The smallest absolute Gasteiger partial charge is 0.400 e. The molecule has 2 N–H and O–H groups in total. The number of rotatable bonds is 4. The van der Waals surface area contributed by atoms with Crippen molar-refractivity contribution < 1.29 is 9.31 Å². The number of aromatic nitrogens is 1. The summed E-state index contributed by atoms with van der Waals surface area (Å²) in [7, 11) is -0.321. The van der Waals surface area contributed by atoms with Crippen LogP contribution in [0.1, 0.15) is 45.9 Å². The Bertz CT molecular complexity index is 494. The fourth-order valence-electron chi connectivity index (χ4n) is 2.14. The van der Waals surface area contributed by atoms with Gasteiger partial charge in [0.1, 0.15) is 0 Å². The molecule has 0 aromatic carbocycles. The van der Waals surface area contributed by atoms with Gasteiger partial charge < -0.3 is 15.0 Å². The molecule has 0 spiro atoms. The van der Waals surface area contributed by atoms with E-state index in [9.17, 15) is 0 Å². The summed E-state index contributed by atoms with van der Waals surface area (Å²) in [5.41, 5.74) is 7.20. The van der Waals surface area contributed by atoms with E-state index in [0.29, 0.717) is 0 Å². The zero-order valence-corrected chi connectivity index (χ0v) is 13.6. The van der Waals surface area contributed by atoms with Gasteiger partial charge in [-0.15, -0.1) is 0 Å². The molecule has 0 radical (unpaired) electrons. The second-order valence-corrected chi connectivity index (χ2v) is 6.75. The van der Waals surface area contributed by atoms with E-state index in [-0.39, 0.29) is 24.4 Å². The van der Waals surface area contributed by atoms with Crippen LogP contribution in [-0.4, -0.2) is 29.3 Å². The molecule has 1 atom stereocenters. The predicted octanol–water partition coefficient (Wildman–Crippen LogP) is 2.62. The van der Waals surface area contributed by atoms with Gasteiger partial charge >= 0.3 is 7.12 Å². The molecule has 1 unspecified atom stereocenters. The number of hydrogen-bond acceptors (Lipinski definition) is 4. The Morgan fingerprint density at radius 1 is 1.24 bits per heavy atom. The highest BCUT2D eigenvalue weighted by Crippen LogP contribution is 2.36. The lowest BCUT2D eigenvalue weighted by Crippen LogP contribution is -2.41. The molecule has 1 fully saturated rings. The van der Waals surface area contributed by atoms with Gasteiger partial charge in [-0.3, -0.25) is 4.98 Å². The van der Waals surface area contributed by atoms with Gasteiger partial charge in [0.25, 0.3) is 0 Å². The third-order valence-electron chi connectivity index (χ3n) is 4.10. The minimum atomic E-state index is -0.321. The second kappa shape index (κ2) is 5.91. The third-order valence-corrected chi connectivity index (χ3v) is 4.10. The van der Waals surface area contributed by atoms with Crippen molar-refractivity contribution in [2.24, 2.45) is 5.73 Å². The molecular formula is C16H25BN2O2. The Labute approximate surface area is 127 Å². The molecule has 21 heavy (non-hydrogen) atoms. The Balaban J connectivity index is 1.99. The molecule has 0 aliphatic carbocycles. The van der Waals surface area contributed by atoms with Gasteiger partial charge in [-0.05, 0) is 46.2 Å². The minimum Gasteiger partial charge on any atom is -0.400 e. The van der Waals surface area contributed by atoms with E-state index in [0.717, 1.165) is 17.7 Å². The van der Waals surface area contributed by atoms with Crippen LogP contribution in [0.5, 0.6) is 0 Å². The summed E-state index contributed by atoms with van der Waals surface area (Å²) < 4.78 is 11.8. The van der Waals surface area contributed by atoms with Crippen molar-refractivity contribution in [2.45, 2.75) is 58.3 Å². The standard InChI is InChI=1S/C16H25BN2O2/c1-12(18)10-14-7-6-13(11-19-14)8-9-17-20-15(2,3)16(4,5)21-17/h6-9,11-12H,10,18H2,1-5H3/b9-8+. The number of hydrogen-bond donors (Lipinski definition) is 1. The quantitative estimate of drug-likeness (QED) is 0.865. The second-order valence-electron chi connectivity index (χ2n) is 6.75. The lowest BCUT2D eigenvalue weighted by Gasteiger charge is -2.32. The van der Waals surface area contributed by atoms with Crippen LogP contribution in [0.2, 0.25) is 0 Å². The Hall–Kier alpha value is -1.17. The highest BCUT2D eigenvalue weighted by atomic mass is 16.7. The fraction of sp³-hybridized carbons (Fsp3) is 0.562. The Kier molecular flexibility index (Phi) is 4.56. The summed E-state index contributed by atoms with van der Waals surface area (Å²) in [6.07, 6.45) is 4.62. The first-order valence-corrected chi connectivity index (χ1v) is 7.44. The Morgan fingerprint density at radius 3 is 2.33 bits per heavy atom. The summed E-state index contributed by atoms with van der Waals surface area (Å²) in [6, 6.07) is 4.17. The van der Waals surface area contributed by atoms with Crippen LogP contribution in [0, 0.1) is 0 Å². The highest BCUT2D eigenvalue weighted by molar-refractivity contribution is 6.52. The molecular weight excluding hydrogens is 263 g/mol. The van der Waals surface area contributed by atoms with Gasteiger partial charge in [-0.1, -0.05) is 18.1 Å². The zero-order chi connectivity index (χ0) is 15.7. The highest BCUT2D eigenvalue weighted by Gasteiger charge is 2.49. The minimum absolute atomic E-state index is 0.128. The molecule has 1 aromatic rings. The average molecular weight is 288 g/mol. The average Bonchev–Trinajstić information content (AvgIpc) is 2.56. The zero-order valence-electron chi connectivity index (χ0n) is 13.6. The van der Waals surface area contributed by atoms with Gasteiger partial charge in [-0.25, -0.2) is 0 Å². The molecule has 1 aromatic heterocycles. The lowest BCUT2D eigenvalue weighted by atomic mass is 9.89. The normalized spacial score (nSPS) is 21.9. The summed E-state index contributed by atoms with van der Waals surface area (Å²) in [4.78, 5) is 4.41. The number of nitrogens with two attached hydrogens (primary N) is 1. The largest absolute Gasteiger partial charge is 0.487 e. The first-order valence-electron chi connectivity index (χ1n) is 7.44. The van der Waals surface area contributed by atoms with Gasteiger partial charge in [0.2, 0.25) is 0 Å². The molecule has 2 heterocycles. The maximum atomic E-state index is 5.92. The van der Waals surface area contributed by atoms with Crippen LogP contribution in [0.3, 0.4) is 0 Å². The van der Waals surface area contributed by atoms with Crippen molar-refractivity contribution in [3.05, 3.63) is 35.6 Å². The van der Waals surface area contributed by atoms with E-state index >= 15 is 0 Å². The molecule has 1 aliphatic heterocycles. The Morgan fingerprint density at radius 2 is 1.86 bits per heavy atom. The van der Waals surface area contributed by atoms with Gasteiger partial charge in [-0.2, -0.15) is 0 Å². The van der Waals surface area contributed by atoms with Crippen LogP contribution < -0.4 is 5.73 Å². The predicted molar refractivity (Wildman–Crippen MR) is 86.7 cm³/mol. The molecule has 0 saturated carbocycles. The number of pyridine rings is 1. The van der Waals surface area contributed by atoms with E-state index in [1.165, 1.54) is 0 Å². The monoisotopic (exact) mass is 288 g/mol. The maximum Gasteiger partial charge on any atom is 0.487 e. The van der Waals surface area contributed by atoms with Crippen molar-refractivity contribution in [3.8, 4) is 0 Å². The molecule has 1 saturated heterocycles. The third kappa shape index (κ3) is 3.93. The van der Waals surface area contributed by atoms with Crippen LogP contribution in [0.25, 0.3) is 6.08 Å². The molecule has 0 bridgehead atoms. The van der Waals surface area contributed by atoms with Crippen molar-refractivity contribution >= 4 is 13.2 Å². The molecule has 0 amide bonds. The molecule has 4 nitrogen and oxygen atoms in total. The topological polar surface area (TPSA) is 57.4 Å².